The molecule has 0 aromatic heterocycles. The van der Waals surface area contributed by atoms with E-state index in [1.807, 2.05) is 0 Å². The number of ether oxygens (including phenoxy) is 3. The molecule has 0 heterocycles. The third kappa shape index (κ3) is 6.26. The third-order valence-electron chi connectivity index (χ3n) is 1.89. The van der Waals surface area contributed by atoms with Gasteiger partial charge in [-0.25, -0.2) is 9.47 Å². The fourth-order valence-corrected chi connectivity index (χ4v) is 0.918. The summed E-state index contributed by atoms with van der Waals surface area (Å²) >= 11 is 0. The molecule has 0 aliphatic heterocycles. The van der Waals surface area contributed by atoms with Crippen LogP contribution in [0.2, 0.25) is 0 Å². The molecule has 27 heavy (non-hydrogen) atoms. The van der Waals surface area contributed by atoms with Crippen LogP contribution in [-0.2, 0) is 14.2 Å². The van der Waals surface area contributed by atoms with Crippen molar-refractivity contribution in [2.75, 3.05) is 0 Å². The first-order valence-corrected chi connectivity index (χ1v) is 5.25. The lowest BCUT2D eigenvalue weighted by atomic mass is 10.3. The highest BCUT2D eigenvalue weighted by molar-refractivity contribution is 5.01. The zero-order valence-corrected chi connectivity index (χ0v) is 11.3. The minimum atomic E-state index is -7.70. The smallest absolute Gasteiger partial charge is 0.244 e. The molecule has 162 valence electrons. The van der Waals surface area contributed by atoms with Crippen LogP contribution in [0.1, 0.15) is 0 Å². The van der Waals surface area contributed by atoms with Crippen molar-refractivity contribution in [3.63, 3.8) is 0 Å². The maximum atomic E-state index is 12.9. The summed E-state index contributed by atoms with van der Waals surface area (Å²) < 4.78 is 200. The van der Waals surface area contributed by atoms with Crippen LogP contribution < -0.4 is 0 Å². The van der Waals surface area contributed by atoms with Gasteiger partial charge in [-0.05, 0) is 0 Å². The fraction of sp³-hybridized carbons (Fsp3) is 0.750. The number of alkyl halides is 13. The summed E-state index contributed by atoms with van der Waals surface area (Å²) in [6, 6.07) is 0. The molecular weight excluding hydrogens is 448 g/mol. The van der Waals surface area contributed by atoms with Crippen LogP contribution in [0.3, 0.4) is 0 Å². The van der Waals surface area contributed by atoms with Crippen molar-refractivity contribution >= 4 is 0 Å². The van der Waals surface area contributed by atoms with Crippen molar-refractivity contribution in [1.29, 1.82) is 0 Å². The summed E-state index contributed by atoms with van der Waals surface area (Å²) in [4.78, 5) is 0. The minimum Gasteiger partial charge on any atom is -0.244 e. The maximum Gasteiger partial charge on any atom is 0.529 e. The first-order valence-electron chi connectivity index (χ1n) is 5.25. The highest BCUT2D eigenvalue weighted by atomic mass is 19.4. The van der Waals surface area contributed by atoms with Gasteiger partial charge in [-0.2, -0.15) is 53.0 Å². The topological polar surface area (TPSA) is 27.7 Å². The quantitative estimate of drug-likeness (QED) is 0.358. The molecule has 19 heteroatoms. The Morgan fingerprint density at radius 3 is 1.22 bits per heavy atom. The molecule has 0 aliphatic rings. The summed E-state index contributed by atoms with van der Waals surface area (Å²) in [6.45, 7) is 0. The van der Waals surface area contributed by atoms with E-state index in [-0.39, 0.29) is 0 Å². The van der Waals surface area contributed by atoms with Crippen LogP contribution in [0.25, 0.3) is 0 Å². The van der Waals surface area contributed by atoms with Gasteiger partial charge < -0.3 is 0 Å². The van der Waals surface area contributed by atoms with Gasteiger partial charge in [-0.15, -0.1) is 22.0 Å². The van der Waals surface area contributed by atoms with Gasteiger partial charge in [-0.1, -0.05) is 0 Å². The van der Waals surface area contributed by atoms with Gasteiger partial charge in [0, 0.05) is 0 Å². The Hall–Kier alpha value is -1.50. The largest absolute Gasteiger partial charge is 0.529 e. The highest BCUT2D eigenvalue weighted by Gasteiger charge is 2.79. The molecule has 0 N–H and O–H groups in total. The zero-order chi connectivity index (χ0) is 22.3. The summed E-state index contributed by atoms with van der Waals surface area (Å²) in [5.41, 5.74) is 0. The van der Waals surface area contributed by atoms with E-state index >= 15 is 0 Å². The van der Waals surface area contributed by atoms with E-state index in [1.54, 1.807) is 0 Å². The predicted octanol–water partition coefficient (Wildman–Crippen LogP) is 5.60. The average molecular weight is 448 g/mol. The molecule has 0 aromatic rings. The van der Waals surface area contributed by atoms with Crippen LogP contribution in [-0.4, -0.2) is 36.9 Å². The molecule has 0 radical (unpaired) electrons. The Labute approximate surface area is 135 Å². The monoisotopic (exact) mass is 448 g/mol. The standard InChI is InChI=1S/C8F16O3/c9-1(2(10)11)3(12,13)25-5(16,17)4(14,15)6(18,19)26-8(23,24)27-7(20,21)22. The van der Waals surface area contributed by atoms with E-state index in [9.17, 15) is 70.2 Å². The van der Waals surface area contributed by atoms with Crippen molar-refractivity contribution in [2.45, 2.75) is 36.9 Å². The molecule has 0 aromatic carbocycles. The summed E-state index contributed by atoms with van der Waals surface area (Å²) in [7, 11) is 0. The van der Waals surface area contributed by atoms with Gasteiger partial charge in [0.25, 0.3) is 5.83 Å². The van der Waals surface area contributed by atoms with Crippen molar-refractivity contribution in [3.8, 4) is 0 Å². The molecule has 0 amide bonds. The molecule has 0 aliphatic carbocycles. The van der Waals surface area contributed by atoms with Crippen LogP contribution >= 0.6 is 0 Å². The third-order valence-corrected chi connectivity index (χ3v) is 1.89. The Balaban J connectivity index is 5.77. The van der Waals surface area contributed by atoms with Gasteiger partial charge in [0.15, 0.2) is 0 Å². The fourth-order valence-electron chi connectivity index (χ4n) is 0.918. The minimum absolute atomic E-state index is 1.46. The zero-order valence-electron chi connectivity index (χ0n) is 11.3. The second kappa shape index (κ2) is 7.15. The lowest BCUT2D eigenvalue weighted by Crippen LogP contribution is -2.60. The lowest BCUT2D eigenvalue weighted by Gasteiger charge is -2.34. The van der Waals surface area contributed by atoms with Crippen LogP contribution in [0, 0.1) is 0 Å². The van der Waals surface area contributed by atoms with Crippen LogP contribution in [0.15, 0.2) is 11.9 Å². The van der Waals surface area contributed by atoms with Gasteiger partial charge in [0.2, 0.25) is 0 Å². The second-order valence-electron chi connectivity index (χ2n) is 3.91. The van der Waals surface area contributed by atoms with Gasteiger partial charge in [0.1, 0.15) is 0 Å². The molecule has 0 spiro atoms. The Morgan fingerprint density at radius 1 is 0.519 bits per heavy atom. The molecular formula is C8F16O3. The predicted molar refractivity (Wildman–Crippen MR) is 44.4 cm³/mol. The first kappa shape index (κ1) is 25.5. The van der Waals surface area contributed by atoms with E-state index in [0.29, 0.717) is 0 Å². The van der Waals surface area contributed by atoms with Gasteiger partial charge in [-0.3, -0.25) is 0 Å². The number of hydrogen-bond acceptors (Lipinski definition) is 3. The van der Waals surface area contributed by atoms with E-state index in [2.05, 4.69) is 0 Å². The molecule has 0 saturated carbocycles. The summed E-state index contributed by atoms with van der Waals surface area (Å²) in [6.07, 6.45) is -39.1. The normalized spacial score (nSPS) is 15.1. The number of rotatable bonds is 8. The number of hydrogen-bond donors (Lipinski definition) is 0. The van der Waals surface area contributed by atoms with E-state index in [4.69, 9.17) is 0 Å². The molecule has 3 nitrogen and oxygen atoms in total. The summed E-state index contributed by atoms with van der Waals surface area (Å²) in [5.74, 6) is -12.0. The van der Waals surface area contributed by atoms with E-state index in [0.717, 1.165) is 0 Å². The molecule has 0 unspecified atom stereocenters. The Bertz CT molecular complexity index is 559. The Kier molecular flexibility index (Phi) is 6.75. The lowest BCUT2D eigenvalue weighted by molar-refractivity contribution is -0.568. The first-order chi connectivity index (χ1) is 11.5. The van der Waals surface area contributed by atoms with Crippen LogP contribution in [0.4, 0.5) is 70.2 Å². The summed E-state index contributed by atoms with van der Waals surface area (Å²) in [5, 5.41) is 0. The van der Waals surface area contributed by atoms with E-state index in [1.165, 1.54) is 14.2 Å². The van der Waals surface area contributed by atoms with E-state index < -0.39 is 48.8 Å². The van der Waals surface area contributed by atoms with Crippen molar-refractivity contribution < 1.29 is 84.5 Å². The van der Waals surface area contributed by atoms with Gasteiger partial charge in [0.05, 0.1) is 0 Å². The maximum absolute atomic E-state index is 12.9. The molecule has 0 bridgehead atoms. The molecule has 0 rings (SSSR count). The molecule has 0 fully saturated rings. The highest BCUT2D eigenvalue weighted by Crippen LogP contribution is 2.52. The van der Waals surface area contributed by atoms with Crippen molar-refractivity contribution in [2.24, 2.45) is 0 Å². The average Bonchev–Trinajstić information content (AvgIpc) is 2.31. The van der Waals surface area contributed by atoms with Crippen LogP contribution in [0.5, 0.6) is 0 Å². The Morgan fingerprint density at radius 2 is 0.889 bits per heavy atom. The van der Waals surface area contributed by atoms with Gasteiger partial charge >= 0.3 is 43.0 Å². The SMILES string of the molecule is FC(F)=C(F)C(F)(F)OC(F)(F)C(F)(F)C(F)(F)OC(F)(F)OC(F)(F)F. The van der Waals surface area contributed by atoms with Crippen molar-refractivity contribution in [1.82, 2.24) is 0 Å². The molecule has 0 saturated heterocycles. The van der Waals surface area contributed by atoms with Crippen molar-refractivity contribution in [3.05, 3.63) is 11.9 Å². The molecule has 0 atom stereocenters. The second-order valence-corrected chi connectivity index (χ2v) is 3.91. The number of halogens is 16.